The topological polar surface area (TPSA) is 37.4 Å². The van der Waals surface area contributed by atoms with E-state index in [4.69, 9.17) is 0 Å². The number of hydrogen-bond acceptors (Lipinski definition) is 2. The molecule has 3 nitrogen and oxygen atoms in total. The Bertz CT molecular complexity index is 777. The monoisotopic (exact) mass is 397 g/mol. The minimum atomic E-state index is 0.00126. The number of Topliss-reactive ketones (excluding diaryl/α,β-unsaturated/α-hetero) is 1. The van der Waals surface area contributed by atoms with Gasteiger partial charge in [0.05, 0.1) is 0 Å². The number of nitrogens with zero attached hydrogens (tertiary/aromatic N) is 1. The first-order chi connectivity index (χ1) is 12.1. The van der Waals surface area contributed by atoms with Gasteiger partial charge in [-0.1, -0.05) is 64.5 Å². The van der Waals surface area contributed by atoms with Crippen LogP contribution in [0.1, 0.15) is 28.8 Å². The summed E-state index contributed by atoms with van der Waals surface area (Å²) in [5, 5.41) is 0. The van der Waals surface area contributed by atoms with Gasteiger partial charge in [-0.2, -0.15) is 0 Å². The summed E-state index contributed by atoms with van der Waals surface area (Å²) < 4.78 is 0.964. The molecular formula is C21H20BrNO2. The fourth-order valence-electron chi connectivity index (χ4n) is 3.08. The highest BCUT2D eigenvalue weighted by molar-refractivity contribution is 9.10. The quantitative estimate of drug-likeness (QED) is 0.558. The zero-order valence-corrected chi connectivity index (χ0v) is 15.5. The molecule has 1 saturated heterocycles. The predicted octanol–water partition coefficient (Wildman–Crippen LogP) is 4.58. The second-order valence-electron chi connectivity index (χ2n) is 6.18. The molecular weight excluding hydrogens is 378 g/mol. The maximum Gasteiger partial charge on any atom is 0.246 e. The lowest BCUT2D eigenvalue weighted by atomic mass is 9.89. The SMILES string of the molecule is O=C(c1ccccc1)C1CCN(C(=O)C=Cc2ccccc2Br)CC1. The molecule has 1 aliphatic rings. The zero-order chi connectivity index (χ0) is 17.6. The number of carbonyl (C=O) groups is 2. The van der Waals surface area contributed by atoms with E-state index in [1.54, 1.807) is 6.08 Å². The fraction of sp³-hybridized carbons (Fsp3) is 0.238. The van der Waals surface area contributed by atoms with Gasteiger partial charge in [0.1, 0.15) is 0 Å². The molecule has 0 N–H and O–H groups in total. The summed E-state index contributed by atoms with van der Waals surface area (Å²) in [6, 6.07) is 17.2. The third-order valence-corrected chi connectivity index (χ3v) is 5.27. The first-order valence-corrected chi connectivity index (χ1v) is 9.25. The van der Waals surface area contributed by atoms with Gasteiger partial charge in [-0.05, 0) is 30.5 Å². The van der Waals surface area contributed by atoms with Gasteiger partial charge < -0.3 is 4.90 Å². The number of rotatable bonds is 4. The van der Waals surface area contributed by atoms with Crippen molar-refractivity contribution in [2.75, 3.05) is 13.1 Å². The van der Waals surface area contributed by atoms with Crippen LogP contribution in [-0.2, 0) is 4.79 Å². The Labute approximate surface area is 156 Å². The van der Waals surface area contributed by atoms with Gasteiger partial charge in [-0.25, -0.2) is 0 Å². The van der Waals surface area contributed by atoms with Crippen LogP contribution >= 0.6 is 15.9 Å². The van der Waals surface area contributed by atoms with E-state index in [0.29, 0.717) is 13.1 Å². The highest BCUT2D eigenvalue weighted by Gasteiger charge is 2.27. The standard InChI is InChI=1S/C21H20BrNO2/c22-19-9-5-4-6-16(19)10-11-20(24)23-14-12-18(13-15-23)21(25)17-7-2-1-3-8-17/h1-11,18H,12-15H2. The summed E-state index contributed by atoms with van der Waals surface area (Å²) in [7, 11) is 0. The Kier molecular flexibility index (Phi) is 5.82. The van der Waals surface area contributed by atoms with E-state index in [2.05, 4.69) is 15.9 Å². The Hall–Kier alpha value is -2.20. The highest BCUT2D eigenvalue weighted by Crippen LogP contribution is 2.22. The van der Waals surface area contributed by atoms with E-state index in [1.165, 1.54) is 0 Å². The average Bonchev–Trinajstić information content (AvgIpc) is 2.67. The zero-order valence-electron chi connectivity index (χ0n) is 13.9. The number of ketones is 1. The molecule has 0 unspecified atom stereocenters. The van der Waals surface area contributed by atoms with Crippen molar-refractivity contribution in [1.82, 2.24) is 4.90 Å². The summed E-state index contributed by atoms with van der Waals surface area (Å²) >= 11 is 3.47. The summed E-state index contributed by atoms with van der Waals surface area (Å²) in [6.45, 7) is 1.25. The molecule has 3 rings (SSSR count). The van der Waals surface area contributed by atoms with Crippen molar-refractivity contribution in [2.24, 2.45) is 5.92 Å². The van der Waals surface area contributed by atoms with Gasteiger partial charge in [0.15, 0.2) is 5.78 Å². The molecule has 0 atom stereocenters. The van der Waals surface area contributed by atoms with Crippen LogP contribution in [-0.4, -0.2) is 29.7 Å². The summed E-state index contributed by atoms with van der Waals surface area (Å²) in [5.74, 6) is 0.205. The molecule has 0 aliphatic carbocycles. The van der Waals surface area contributed by atoms with Crippen LogP contribution in [0.4, 0.5) is 0 Å². The summed E-state index contributed by atoms with van der Waals surface area (Å²) in [4.78, 5) is 26.7. The third-order valence-electron chi connectivity index (χ3n) is 4.55. The lowest BCUT2D eigenvalue weighted by Crippen LogP contribution is -2.39. The first kappa shape index (κ1) is 17.6. The normalized spacial score (nSPS) is 15.5. The number of halogens is 1. The molecule has 0 saturated carbocycles. The van der Waals surface area contributed by atoms with Crippen LogP contribution in [0.5, 0.6) is 0 Å². The summed E-state index contributed by atoms with van der Waals surface area (Å²) in [5.41, 5.74) is 1.74. The molecule has 0 spiro atoms. The van der Waals surface area contributed by atoms with Crippen LogP contribution in [0.3, 0.4) is 0 Å². The molecule has 25 heavy (non-hydrogen) atoms. The van der Waals surface area contributed by atoms with Crippen molar-refractivity contribution in [3.8, 4) is 0 Å². The van der Waals surface area contributed by atoms with E-state index in [-0.39, 0.29) is 17.6 Å². The van der Waals surface area contributed by atoms with E-state index in [9.17, 15) is 9.59 Å². The molecule has 0 bridgehead atoms. The Morgan fingerprint density at radius 2 is 1.60 bits per heavy atom. The Morgan fingerprint density at radius 3 is 2.28 bits per heavy atom. The average molecular weight is 398 g/mol. The molecule has 0 radical (unpaired) electrons. The van der Waals surface area contributed by atoms with E-state index in [1.807, 2.05) is 65.6 Å². The van der Waals surface area contributed by atoms with Gasteiger partial charge in [-0.3, -0.25) is 9.59 Å². The molecule has 2 aromatic rings. The van der Waals surface area contributed by atoms with Crippen LogP contribution < -0.4 is 0 Å². The minimum absolute atomic E-state index is 0.00126. The van der Waals surface area contributed by atoms with Gasteiger partial charge in [-0.15, -0.1) is 0 Å². The van der Waals surface area contributed by atoms with Crippen molar-refractivity contribution in [3.63, 3.8) is 0 Å². The molecule has 1 fully saturated rings. The number of benzene rings is 2. The molecule has 0 aromatic heterocycles. The maximum atomic E-state index is 12.5. The van der Waals surface area contributed by atoms with Crippen molar-refractivity contribution in [1.29, 1.82) is 0 Å². The van der Waals surface area contributed by atoms with E-state index < -0.39 is 0 Å². The van der Waals surface area contributed by atoms with Crippen molar-refractivity contribution < 1.29 is 9.59 Å². The third kappa shape index (κ3) is 4.45. The highest BCUT2D eigenvalue weighted by atomic mass is 79.9. The van der Waals surface area contributed by atoms with Crippen molar-refractivity contribution in [2.45, 2.75) is 12.8 Å². The molecule has 128 valence electrons. The van der Waals surface area contributed by atoms with Crippen LogP contribution in [0, 0.1) is 5.92 Å². The largest absolute Gasteiger partial charge is 0.339 e. The van der Waals surface area contributed by atoms with Crippen LogP contribution in [0.2, 0.25) is 0 Å². The first-order valence-electron chi connectivity index (χ1n) is 8.46. The second-order valence-corrected chi connectivity index (χ2v) is 7.04. The van der Waals surface area contributed by atoms with E-state index >= 15 is 0 Å². The van der Waals surface area contributed by atoms with Gasteiger partial charge >= 0.3 is 0 Å². The van der Waals surface area contributed by atoms with Crippen molar-refractivity contribution >= 4 is 33.7 Å². The molecule has 2 aromatic carbocycles. The van der Waals surface area contributed by atoms with Gasteiger partial charge in [0.25, 0.3) is 0 Å². The number of amides is 1. The number of piperidine rings is 1. The lowest BCUT2D eigenvalue weighted by molar-refractivity contribution is -0.127. The molecule has 1 aliphatic heterocycles. The molecule has 1 heterocycles. The lowest BCUT2D eigenvalue weighted by Gasteiger charge is -2.30. The molecule has 4 heteroatoms. The van der Waals surface area contributed by atoms with Crippen LogP contribution in [0.15, 0.2) is 65.1 Å². The van der Waals surface area contributed by atoms with Crippen LogP contribution in [0.25, 0.3) is 6.08 Å². The van der Waals surface area contributed by atoms with E-state index in [0.717, 1.165) is 28.4 Å². The van der Waals surface area contributed by atoms with Crippen molar-refractivity contribution in [3.05, 3.63) is 76.3 Å². The number of carbonyl (C=O) groups excluding carboxylic acids is 2. The minimum Gasteiger partial charge on any atom is -0.339 e. The Balaban J connectivity index is 1.56. The van der Waals surface area contributed by atoms with Gasteiger partial charge in [0, 0.05) is 35.1 Å². The molecule has 1 amide bonds. The predicted molar refractivity (Wildman–Crippen MR) is 103 cm³/mol. The maximum absolute atomic E-state index is 12.5. The summed E-state index contributed by atoms with van der Waals surface area (Å²) in [6.07, 6.45) is 4.89. The smallest absolute Gasteiger partial charge is 0.246 e. The fourth-order valence-corrected chi connectivity index (χ4v) is 3.49. The number of hydrogen-bond donors (Lipinski definition) is 0. The second kappa shape index (κ2) is 8.26. The Morgan fingerprint density at radius 1 is 0.960 bits per heavy atom. The number of likely N-dealkylation sites (tertiary alicyclic amines) is 1. The van der Waals surface area contributed by atoms with Gasteiger partial charge in [0.2, 0.25) is 5.91 Å².